The largest absolute Gasteiger partial charge is 0.329 e. The van der Waals surface area contributed by atoms with Gasteiger partial charge in [0.05, 0.1) is 11.7 Å². The maximum Gasteiger partial charge on any atom is 0.0726 e. The molecule has 116 valence electrons. The van der Waals surface area contributed by atoms with Crippen LogP contribution in [-0.4, -0.2) is 33.8 Å². The van der Waals surface area contributed by atoms with E-state index in [0.717, 1.165) is 12.1 Å². The van der Waals surface area contributed by atoms with Crippen LogP contribution in [0.25, 0.3) is 0 Å². The first kappa shape index (κ1) is 17.2. The third-order valence-corrected chi connectivity index (χ3v) is 4.44. The van der Waals surface area contributed by atoms with Crippen LogP contribution in [0, 0.1) is 0 Å². The zero-order chi connectivity index (χ0) is 15.7. The summed E-state index contributed by atoms with van der Waals surface area (Å²) in [6.07, 6.45) is 3.21. The number of aromatic nitrogens is 2. The Morgan fingerprint density at radius 1 is 1.30 bits per heavy atom. The Balaban J connectivity index is 3.26. The summed E-state index contributed by atoms with van der Waals surface area (Å²) < 4.78 is 1.91. The molecule has 0 aromatic carbocycles. The molecule has 1 aromatic rings. The molecule has 0 radical (unpaired) electrons. The van der Waals surface area contributed by atoms with Crippen molar-refractivity contribution in [2.75, 3.05) is 13.6 Å². The summed E-state index contributed by atoms with van der Waals surface area (Å²) in [7, 11) is 4.15. The van der Waals surface area contributed by atoms with Gasteiger partial charge in [-0.25, -0.2) is 0 Å². The maximum atomic E-state index is 6.10. The van der Waals surface area contributed by atoms with Gasteiger partial charge < -0.3 is 5.73 Å². The van der Waals surface area contributed by atoms with E-state index in [-0.39, 0.29) is 17.0 Å². The molecule has 0 fully saturated rings. The molecule has 1 atom stereocenters. The molecule has 0 saturated heterocycles. The second-order valence-corrected chi connectivity index (χ2v) is 7.39. The first-order valence-corrected chi connectivity index (χ1v) is 7.51. The number of nitrogens with zero attached hydrogens (tertiary/aromatic N) is 3. The van der Waals surface area contributed by atoms with Crippen molar-refractivity contribution in [1.82, 2.24) is 14.7 Å². The van der Waals surface area contributed by atoms with E-state index < -0.39 is 0 Å². The molecule has 0 aliphatic heterocycles. The molecule has 0 saturated carbocycles. The topological polar surface area (TPSA) is 47.1 Å². The molecular weight excluding hydrogens is 248 g/mol. The van der Waals surface area contributed by atoms with Crippen LogP contribution in [0.15, 0.2) is 6.20 Å². The Bertz CT molecular complexity index is 440. The summed E-state index contributed by atoms with van der Waals surface area (Å²) >= 11 is 0. The molecule has 0 spiro atoms. The number of rotatable bonds is 5. The lowest BCUT2D eigenvalue weighted by atomic mass is 9.86. The van der Waals surface area contributed by atoms with Crippen LogP contribution < -0.4 is 5.73 Å². The van der Waals surface area contributed by atoms with Gasteiger partial charge in [0.2, 0.25) is 0 Å². The zero-order valence-corrected chi connectivity index (χ0v) is 14.5. The van der Waals surface area contributed by atoms with Crippen molar-refractivity contribution in [2.24, 2.45) is 12.8 Å². The Kier molecular flexibility index (Phi) is 5.03. The number of hydrogen-bond donors (Lipinski definition) is 1. The van der Waals surface area contributed by atoms with Gasteiger partial charge in [0.25, 0.3) is 0 Å². The van der Waals surface area contributed by atoms with Crippen LogP contribution >= 0.6 is 0 Å². The lowest BCUT2D eigenvalue weighted by Gasteiger charge is -2.41. The second kappa shape index (κ2) is 5.86. The van der Waals surface area contributed by atoms with Crippen molar-refractivity contribution < 1.29 is 0 Å². The third-order valence-electron chi connectivity index (χ3n) is 4.44. The zero-order valence-electron chi connectivity index (χ0n) is 14.5. The van der Waals surface area contributed by atoms with Gasteiger partial charge in [0.15, 0.2) is 0 Å². The number of aryl methyl sites for hydroxylation is 1. The molecule has 20 heavy (non-hydrogen) atoms. The fraction of sp³-hybridized carbons (Fsp3) is 0.812. The fourth-order valence-corrected chi connectivity index (χ4v) is 2.50. The van der Waals surface area contributed by atoms with Crippen molar-refractivity contribution in [1.29, 1.82) is 0 Å². The highest BCUT2D eigenvalue weighted by Gasteiger charge is 2.33. The normalized spacial score (nSPS) is 14.9. The molecule has 1 heterocycles. The monoisotopic (exact) mass is 280 g/mol. The Labute approximate surface area is 124 Å². The molecule has 0 bridgehead atoms. The summed E-state index contributed by atoms with van der Waals surface area (Å²) in [6.45, 7) is 14.0. The highest BCUT2D eigenvalue weighted by molar-refractivity contribution is 5.28. The van der Waals surface area contributed by atoms with Crippen molar-refractivity contribution in [3.8, 4) is 0 Å². The summed E-state index contributed by atoms with van der Waals surface area (Å²) in [6, 6.07) is 0.202. The van der Waals surface area contributed by atoms with Crippen LogP contribution in [-0.2, 0) is 12.5 Å². The SMILES string of the molecule is CCC(C)(C)N(C)C(CN)c1cn(C)nc1C(C)(C)C. The van der Waals surface area contributed by atoms with Crippen molar-refractivity contribution in [2.45, 2.75) is 65.0 Å². The van der Waals surface area contributed by atoms with Gasteiger partial charge in [0, 0.05) is 36.3 Å². The lowest BCUT2D eigenvalue weighted by Crippen LogP contribution is -2.45. The first-order valence-electron chi connectivity index (χ1n) is 7.51. The van der Waals surface area contributed by atoms with Crippen LogP contribution in [0.3, 0.4) is 0 Å². The highest BCUT2D eigenvalue weighted by Crippen LogP contribution is 2.34. The Morgan fingerprint density at radius 3 is 2.25 bits per heavy atom. The van der Waals surface area contributed by atoms with E-state index in [1.54, 1.807) is 0 Å². The molecule has 4 nitrogen and oxygen atoms in total. The quantitative estimate of drug-likeness (QED) is 0.902. The van der Waals surface area contributed by atoms with Crippen molar-refractivity contribution in [3.05, 3.63) is 17.5 Å². The van der Waals surface area contributed by atoms with E-state index in [1.165, 1.54) is 5.56 Å². The van der Waals surface area contributed by atoms with E-state index in [1.807, 2.05) is 11.7 Å². The van der Waals surface area contributed by atoms with E-state index in [0.29, 0.717) is 6.54 Å². The van der Waals surface area contributed by atoms with Gasteiger partial charge in [-0.2, -0.15) is 5.10 Å². The Morgan fingerprint density at radius 2 is 1.85 bits per heavy atom. The molecule has 0 aliphatic rings. The van der Waals surface area contributed by atoms with Crippen LogP contribution in [0.5, 0.6) is 0 Å². The van der Waals surface area contributed by atoms with Crippen LogP contribution in [0.1, 0.15) is 65.3 Å². The smallest absolute Gasteiger partial charge is 0.0726 e. The first-order chi connectivity index (χ1) is 9.04. The lowest BCUT2D eigenvalue weighted by molar-refractivity contribution is 0.0995. The van der Waals surface area contributed by atoms with Gasteiger partial charge in [0.1, 0.15) is 0 Å². The number of nitrogens with two attached hydrogens (primary N) is 1. The van der Waals surface area contributed by atoms with Gasteiger partial charge in [-0.1, -0.05) is 27.7 Å². The molecule has 4 heteroatoms. The van der Waals surface area contributed by atoms with Crippen LogP contribution in [0.2, 0.25) is 0 Å². The maximum absolute atomic E-state index is 6.10. The molecule has 1 unspecified atom stereocenters. The van der Waals surface area contributed by atoms with Crippen molar-refractivity contribution >= 4 is 0 Å². The Hall–Kier alpha value is -0.870. The van der Waals surface area contributed by atoms with Crippen LogP contribution in [0.4, 0.5) is 0 Å². The summed E-state index contributed by atoms with van der Waals surface area (Å²) in [5.74, 6) is 0. The van der Waals surface area contributed by atoms with Gasteiger partial charge in [-0.15, -0.1) is 0 Å². The summed E-state index contributed by atoms with van der Waals surface area (Å²) in [4.78, 5) is 2.39. The third kappa shape index (κ3) is 3.41. The number of likely N-dealkylation sites (N-methyl/N-ethyl adjacent to an activating group) is 1. The van der Waals surface area contributed by atoms with E-state index in [2.05, 4.69) is 64.8 Å². The molecule has 0 aliphatic carbocycles. The molecule has 2 N–H and O–H groups in total. The average molecular weight is 280 g/mol. The fourth-order valence-electron chi connectivity index (χ4n) is 2.50. The molecule has 0 amide bonds. The van der Waals surface area contributed by atoms with Gasteiger partial charge in [-0.3, -0.25) is 9.58 Å². The van der Waals surface area contributed by atoms with Gasteiger partial charge in [-0.05, 0) is 27.3 Å². The predicted molar refractivity (Wildman–Crippen MR) is 85.8 cm³/mol. The minimum Gasteiger partial charge on any atom is -0.329 e. The summed E-state index contributed by atoms with van der Waals surface area (Å²) in [5.41, 5.74) is 8.65. The minimum absolute atomic E-state index is 0.0290. The van der Waals surface area contributed by atoms with Crippen molar-refractivity contribution in [3.63, 3.8) is 0 Å². The van der Waals surface area contributed by atoms with Gasteiger partial charge >= 0.3 is 0 Å². The highest BCUT2D eigenvalue weighted by atomic mass is 15.3. The predicted octanol–water partition coefficient (Wildman–Crippen LogP) is 2.84. The van der Waals surface area contributed by atoms with E-state index >= 15 is 0 Å². The van der Waals surface area contributed by atoms with E-state index in [9.17, 15) is 0 Å². The standard InChI is InChI=1S/C16H32N4/c1-9-16(5,6)20(8)13(10-17)12-11-19(7)18-14(12)15(2,3)4/h11,13H,9-10,17H2,1-8H3. The summed E-state index contributed by atoms with van der Waals surface area (Å²) in [5, 5.41) is 4.68. The average Bonchev–Trinajstić information content (AvgIpc) is 2.72. The molecular formula is C16H32N4. The van der Waals surface area contributed by atoms with E-state index in [4.69, 9.17) is 5.73 Å². The number of hydrogen-bond acceptors (Lipinski definition) is 3. The molecule has 1 aromatic heterocycles. The minimum atomic E-state index is 0.0290. The molecule has 1 rings (SSSR count). The second-order valence-electron chi connectivity index (χ2n) is 7.39.